The third-order valence-corrected chi connectivity index (χ3v) is 4.02. The molecule has 2 aromatic heterocycles. The first-order chi connectivity index (χ1) is 9.50. The van der Waals surface area contributed by atoms with Crippen LogP contribution in [-0.2, 0) is 10.8 Å². The van der Waals surface area contributed by atoms with E-state index in [9.17, 15) is 5.11 Å². The number of H-pyrrole nitrogens is 1. The Balaban J connectivity index is 2.77. The highest BCUT2D eigenvalue weighted by molar-refractivity contribution is 7.73. The number of aromatic nitrogens is 4. The van der Waals surface area contributed by atoms with Gasteiger partial charge in [0.05, 0.1) is 11.4 Å². The summed E-state index contributed by atoms with van der Waals surface area (Å²) in [5, 5.41) is 18.1. The first-order valence-electron chi connectivity index (χ1n) is 6.68. The number of nitrogens with zero attached hydrogens (tertiary/aromatic N) is 3. The van der Waals surface area contributed by atoms with Crippen molar-refractivity contribution < 1.29 is 5.11 Å². The van der Waals surface area contributed by atoms with Gasteiger partial charge in [-0.2, -0.15) is 5.10 Å². The zero-order chi connectivity index (χ0) is 16.0. The monoisotopic (exact) mass is 324 g/mol. The van der Waals surface area contributed by atoms with Crippen molar-refractivity contribution in [1.29, 1.82) is 0 Å². The van der Waals surface area contributed by atoms with E-state index < -0.39 is 0 Å². The number of aromatic hydroxyl groups is 1. The van der Waals surface area contributed by atoms with Crippen molar-refractivity contribution in [3.8, 4) is 16.6 Å². The summed E-state index contributed by atoms with van der Waals surface area (Å²) in [6, 6.07) is 0. The van der Waals surface area contributed by atoms with Crippen LogP contribution in [0.25, 0.3) is 10.8 Å². The van der Waals surface area contributed by atoms with E-state index in [4.69, 9.17) is 12.2 Å². The summed E-state index contributed by atoms with van der Waals surface area (Å²) in [5.41, 5.74) is 0.663. The number of rotatable bonds is 1. The third kappa shape index (κ3) is 3.29. The third-order valence-electron chi connectivity index (χ3n) is 2.93. The van der Waals surface area contributed by atoms with Crippen LogP contribution < -0.4 is 0 Å². The second-order valence-corrected chi connectivity index (χ2v) is 8.68. The minimum Gasteiger partial charge on any atom is -0.504 e. The van der Waals surface area contributed by atoms with E-state index in [1.54, 1.807) is 0 Å². The van der Waals surface area contributed by atoms with E-state index >= 15 is 0 Å². The Morgan fingerprint density at radius 2 is 1.48 bits per heavy atom. The lowest BCUT2D eigenvalue weighted by Crippen LogP contribution is -2.21. The Labute approximate surface area is 133 Å². The molecule has 0 aliphatic rings. The van der Waals surface area contributed by atoms with E-state index in [0.717, 1.165) is 0 Å². The van der Waals surface area contributed by atoms with Gasteiger partial charge in [-0.1, -0.05) is 52.9 Å². The molecule has 2 N–H and O–H groups in total. The fraction of sp³-hybridized carbons (Fsp3) is 0.571. The Morgan fingerprint density at radius 3 is 1.81 bits per heavy atom. The molecule has 0 saturated carbocycles. The molecule has 0 atom stereocenters. The highest BCUT2D eigenvalue weighted by atomic mass is 32.1. The molecule has 114 valence electrons. The smallest absolute Gasteiger partial charge is 0.191 e. The van der Waals surface area contributed by atoms with E-state index in [1.807, 2.05) is 41.5 Å². The molecule has 0 unspecified atom stereocenters. The summed E-state index contributed by atoms with van der Waals surface area (Å²) in [6.45, 7) is 12.1. The predicted octanol–water partition coefficient (Wildman–Crippen LogP) is 3.96. The lowest BCUT2D eigenvalue weighted by atomic mass is 9.85. The molecule has 21 heavy (non-hydrogen) atoms. The maximum Gasteiger partial charge on any atom is 0.191 e. The molecule has 0 aliphatic heterocycles. The molecule has 2 aromatic rings. The van der Waals surface area contributed by atoms with Crippen molar-refractivity contribution in [2.45, 2.75) is 52.4 Å². The summed E-state index contributed by atoms with van der Waals surface area (Å²) in [4.78, 5) is 9.04. The zero-order valence-corrected chi connectivity index (χ0v) is 14.7. The largest absolute Gasteiger partial charge is 0.504 e. The topological polar surface area (TPSA) is 74.7 Å². The first-order valence-corrected chi connectivity index (χ1v) is 7.90. The van der Waals surface area contributed by atoms with Crippen molar-refractivity contribution in [3.63, 3.8) is 0 Å². The standard InChI is InChI=1S/C14H20N4OS2/c1-13(2,3)8-7(19)9(14(4,5)6)16-10(15-8)11-17-18-12(20)21-11/h19H,1-6H3,(H,18,20). The van der Waals surface area contributed by atoms with Gasteiger partial charge in [-0.15, -0.1) is 0 Å². The summed E-state index contributed by atoms with van der Waals surface area (Å²) in [6.07, 6.45) is 0. The summed E-state index contributed by atoms with van der Waals surface area (Å²) in [7, 11) is 0. The Bertz CT molecular complexity index is 685. The Kier molecular flexibility index (Phi) is 3.92. The van der Waals surface area contributed by atoms with Gasteiger partial charge in [0.2, 0.25) is 0 Å². The van der Waals surface area contributed by atoms with Crippen molar-refractivity contribution in [1.82, 2.24) is 20.2 Å². The van der Waals surface area contributed by atoms with Crippen LogP contribution in [0, 0.1) is 3.95 Å². The molecule has 5 nitrogen and oxygen atoms in total. The van der Waals surface area contributed by atoms with Crippen molar-refractivity contribution in [2.24, 2.45) is 0 Å². The molecule has 0 aliphatic carbocycles. The van der Waals surface area contributed by atoms with Crippen molar-refractivity contribution in [3.05, 3.63) is 15.3 Å². The van der Waals surface area contributed by atoms with Gasteiger partial charge < -0.3 is 5.11 Å². The van der Waals surface area contributed by atoms with Gasteiger partial charge in [-0.3, -0.25) is 5.10 Å². The van der Waals surface area contributed by atoms with E-state index in [2.05, 4.69) is 20.2 Å². The maximum atomic E-state index is 10.6. The van der Waals surface area contributed by atoms with Crippen LogP contribution in [-0.4, -0.2) is 25.3 Å². The highest BCUT2D eigenvalue weighted by Gasteiger charge is 2.30. The Morgan fingerprint density at radius 1 is 1.00 bits per heavy atom. The number of hydrogen-bond acceptors (Lipinski definition) is 6. The second kappa shape index (κ2) is 5.14. The first kappa shape index (κ1) is 16.0. The molecule has 0 fully saturated rings. The molecule has 0 bridgehead atoms. The van der Waals surface area contributed by atoms with Crippen LogP contribution in [0.5, 0.6) is 5.75 Å². The van der Waals surface area contributed by atoms with Crippen LogP contribution >= 0.6 is 23.6 Å². The fourth-order valence-electron chi connectivity index (χ4n) is 1.92. The van der Waals surface area contributed by atoms with E-state index in [-0.39, 0.29) is 16.6 Å². The molecule has 0 radical (unpaired) electrons. The Hall–Kier alpha value is -1.34. The summed E-state index contributed by atoms with van der Waals surface area (Å²) in [5.74, 6) is 0.665. The molecule has 7 heteroatoms. The van der Waals surface area contributed by atoms with Crippen LogP contribution in [0.15, 0.2) is 0 Å². The van der Waals surface area contributed by atoms with Crippen LogP contribution in [0.2, 0.25) is 0 Å². The van der Waals surface area contributed by atoms with E-state index in [1.165, 1.54) is 11.3 Å². The average molecular weight is 324 g/mol. The quantitative estimate of drug-likeness (QED) is 0.777. The van der Waals surface area contributed by atoms with Gasteiger partial charge in [-0.25, -0.2) is 9.97 Å². The van der Waals surface area contributed by atoms with Crippen LogP contribution in [0.3, 0.4) is 0 Å². The van der Waals surface area contributed by atoms with Gasteiger partial charge in [0, 0.05) is 10.8 Å². The van der Waals surface area contributed by atoms with Crippen LogP contribution in [0.4, 0.5) is 0 Å². The maximum absolute atomic E-state index is 10.6. The SMILES string of the molecule is CC(C)(C)c1nc(-c2n[nH]c(=S)s2)nc(C(C)(C)C)c1O. The lowest BCUT2D eigenvalue weighted by Gasteiger charge is -2.25. The van der Waals surface area contributed by atoms with E-state index in [0.29, 0.717) is 26.2 Å². The molecule has 0 saturated heterocycles. The second-order valence-electron chi connectivity index (χ2n) is 7.01. The molecule has 2 rings (SSSR count). The summed E-state index contributed by atoms with van der Waals surface area (Å²) < 4.78 is 0.580. The van der Waals surface area contributed by atoms with Crippen molar-refractivity contribution >= 4 is 23.6 Å². The van der Waals surface area contributed by atoms with Gasteiger partial charge in [0.1, 0.15) is 0 Å². The van der Waals surface area contributed by atoms with Crippen molar-refractivity contribution in [2.75, 3.05) is 0 Å². The number of nitrogens with one attached hydrogen (secondary N) is 1. The number of hydrogen-bond donors (Lipinski definition) is 2. The minimum absolute atomic E-state index is 0.165. The normalized spacial score (nSPS) is 12.7. The van der Waals surface area contributed by atoms with Gasteiger partial charge >= 0.3 is 0 Å². The molecule has 2 heterocycles. The lowest BCUT2D eigenvalue weighted by molar-refractivity contribution is 0.407. The van der Waals surface area contributed by atoms with Crippen LogP contribution in [0.1, 0.15) is 52.9 Å². The van der Waals surface area contributed by atoms with Gasteiger partial charge in [0.15, 0.2) is 20.5 Å². The molecular formula is C14H20N4OS2. The molecule has 0 aromatic carbocycles. The van der Waals surface area contributed by atoms with Gasteiger partial charge in [-0.05, 0) is 12.2 Å². The zero-order valence-electron chi connectivity index (χ0n) is 13.1. The highest BCUT2D eigenvalue weighted by Crippen LogP contribution is 2.38. The van der Waals surface area contributed by atoms with Gasteiger partial charge in [0.25, 0.3) is 0 Å². The fourth-order valence-corrected chi connectivity index (χ4v) is 2.75. The summed E-state index contributed by atoms with van der Waals surface area (Å²) >= 11 is 6.39. The molecule has 0 amide bonds. The average Bonchev–Trinajstić information content (AvgIpc) is 2.73. The minimum atomic E-state index is -0.292. The predicted molar refractivity (Wildman–Crippen MR) is 87.4 cm³/mol. The molecular weight excluding hydrogens is 304 g/mol. The number of aromatic amines is 1. The molecule has 0 spiro atoms.